The van der Waals surface area contributed by atoms with Gasteiger partial charge in [0, 0.05) is 30.3 Å². The van der Waals surface area contributed by atoms with Crippen LogP contribution in [0.4, 0.5) is 5.69 Å². The number of carbonyl (C=O) groups excluding carboxylic acids is 2. The SMILES string of the molecule is O=C(NC[C@@H]1CCCO1)c1ccc(NC(=S)NC(=O)C2CC2)cc1. The highest BCUT2D eigenvalue weighted by atomic mass is 32.1. The van der Waals surface area contributed by atoms with Gasteiger partial charge in [0.1, 0.15) is 0 Å². The van der Waals surface area contributed by atoms with E-state index in [1.54, 1.807) is 24.3 Å². The second kappa shape index (κ2) is 7.72. The summed E-state index contributed by atoms with van der Waals surface area (Å²) in [6.07, 6.45) is 4.04. The average molecular weight is 347 g/mol. The van der Waals surface area contributed by atoms with Gasteiger partial charge < -0.3 is 20.7 Å². The summed E-state index contributed by atoms with van der Waals surface area (Å²) in [6.45, 7) is 1.31. The summed E-state index contributed by atoms with van der Waals surface area (Å²) in [5.41, 5.74) is 1.30. The van der Waals surface area contributed by atoms with Crippen molar-refractivity contribution in [2.45, 2.75) is 31.8 Å². The molecule has 3 N–H and O–H groups in total. The van der Waals surface area contributed by atoms with Crippen molar-refractivity contribution >= 4 is 34.8 Å². The predicted molar refractivity (Wildman–Crippen MR) is 94.8 cm³/mol. The Morgan fingerprint density at radius 3 is 2.54 bits per heavy atom. The van der Waals surface area contributed by atoms with Crippen LogP contribution >= 0.6 is 12.2 Å². The molecule has 2 amide bonds. The van der Waals surface area contributed by atoms with Gasteiger partial charge >= 0.3 is 0 Å². The van der Waals surface area contributed by atoms with Crippen molar-refractivity contribution in [3.05, 3.63) is 29.8 Å². The van der Waals surface area contributed by atoms with Crippen molar-refractivity contribution in [2.24, 2.45) is 5.92 Å². The van der Waals surface area contributed by atoms with E-state index in [-0.39, 0.29) is 28.9 Å². The molecule has 1 aliphatic heterocycles. The molecule has 1 aromatic rings. The van der Waals surface area contributed by atoms with Gasteiger partial charge in [-0.1, -0.05) is 0 Å². The standard InChI is InChI=1S/C17H21N3O3S/c21-15(18-10-14-2-1-9-23-14)11-5-7-13(8-6-11)19-17(24)20-16(22)12-3-4-12/h5-8,12,14H,1-4,9-10H2,(H,18,21)(H2,19,20,22,24)/t14-/m0/s1. The van der Waals surface area contributed by atoms with Crippen LogP contribution in [-0.2, 0) is 9.53 Å². The van der Waals surface area contributed by atoms with Crippen molar-refractivity contribution < 1.29 is 14.3 Å². The summed E-state index contributed by atoms with van der Waals surface area (Å²) in [5, 5.41) is 8.77. The monoisotopic (exact) mass is 347 g/mol. The van der Waals surface area contributed by atoms with E-state index in [9.17, 15) is 9.59 Å². The second-order valence-electron chi connectivity index (χ2n) is 6.14. The van der Waals surface area contributed by atoms with E-state index >= 15 is 0 Å². The maximum Gasteiger partial charge on any atom is 0.251 e. The Bertz CT molecular complexity index is 622. The lowest BCUT2D eigenvalue weighted by Gasteiger charge is -2.12. The molecule has 0 spiro atoms. The van der Waals surface area contributed by atoms with Gasteiger partial charge in [-0.15, -0.1) is 0 Å². The lowest BCUT2D eigenvalue weighted by molar-refractivity contribution is -0.120. The van der Waals surface area contributed by atoms with Gasteiger partial charge in [0.15, 0.2) is 5.11 Å². The Balaban J connectivity index is 1.46. The van der Waals surface area contributed by atoms with Crippen LogP contribution in [0.15, 0.2) is 24.3 Å². The molecule has 1 saturated carbocycles. The third-order valence-corrected chi connectivity index (χ3v) is 4.31. The minimum atomic E-state index is -0.123. The minimum absolute atomic E-state index is 0.0300. The molecule has 1 aliphatic carbocycles. The number of ether oxygens (including phenoxy) is 1. The molecule has 2 aliphatic rings. The molecule has 2 fully saturated rings. The number of amides is 2. The smallest absolute Gasteiger partial charge is 0.251 e. The van der Waals surface area contributed by atoms with E-state index in [4.69, 9.17) is 17.0 Å². The third kappa shape index (κ3) is 4.75. The first-order valence-corrected chi connectivity index (χ1v) is 8.64. The normalized spacial score (nSPS) is 19.6. The largest absolute Gasteiger partial charge is 0.376 e. The summed E-state index contributed by atoms with van der Waals surface area (Å²) in [7, 11) is 0. The van der Waals surface area contributed by atoms with E-state index in [1.165, 1.54) is 0 Å². The van der Waals surface area contributed by atoms with Gasteiger partial charge in [0.25, 0.3) is 5.91 Å². The Morgan fingerprint density at radius 2 is 1.92 bits per heavy atom. The molecule has 0 radical (unpaired) electrons. The molecule has 0 bridgehead atoms. The molecule has 0 unspecified atom stereocenters. The van der Waals surface area contributed by atoms with Crippen LogP contribution in [0.2, 0.25) is 0 Å². The Morgan fingerprint density at radius 1 is 1.17 bits per heavy atom. The van der Waals surface area contributed by atoms with Crippen molar-refractivity contribution in [3.63, 3.8) is 0 Å². The van der Waals surface area contributed by atoms with Crippen LogP contribution in [0.5, 0.6) is 0 Å². The topological polar surface area (TPSA) is 79.5 Å². The summed E-state index contributed by atoms with van der Waals surface area (Å²) in [6, 6.07) is 6.96. The number of rotatable bonds is 5. The number of benzene rings is 1. The minimum Gasteiger partial charge on any atom is -0.376 e. The fraction of sp³-hybridized carbons (Fsp3) is 0.471. The zero-order valence-electron chi connectivity index (χ0n) is 13.3. The maximum atomic E-state index is 12.1. The maximum absolute atomic E-state index is 12.1. The molecule has 0 aromatic heterocycles. The van der Waals surface area contributed by atoms with Crippen LogP contribution < -0.4 is 16.0 Å². The number of thiocarbonyl (C=S) groups is 1. The third-order valence-electron chi connectivity index (χ3n) is 4.10. The molecule has 7 heteroatoms. The first kappa shape index (κ1) is 16.9. The fourth-order valence-electron chi connectivity index (χ4n) is 2.54. The summed E-state index contributed by atoms with van der Waals surface area (Å²) in [5.74, 6) is -0.0426. The Labute approximate surface area is 146 Å². The van der Waals surface area contributed by atoms with Crippen molar-refractivity contribution in [1.82, 2.24) is 10.6 Å². The van der Waals surface area contributed by atoms with Gasteiger partial charge in [-0.25, -0.2) is 0 Å². The quantitative estimate of drug-likeness (QED) is 0.708. The molecular weight excluding hydrogens is 326 g/mol. The van der Waals surface area contributed by atoms with Gasteiger partial charge in [-0.3, -0.25) is 9.59 Å². The number of hydrogen-bond acceptors (Lipinski definition) is 4. The molecule has 3 rings (SSSR count). The average Bonchev–Trinajstić information content (AvgIpc) is 3.30. The summed E-state index contributed by atoms with van der Waals surface area (Å²) in [4.78, 5) is 23.7. The van der Waals surface area contributed by atoms with E-state index in [0.29, 0.717) is 12.1 Å². The predicted octanol–water partition coefficient (Wildman–Crippen LogP) is 1.82. The zero-order chi connectivity index (χ0) is 16.9. The first-order chi connectivity index (χ1) is 11.6. The van der Waals surface area contributed by atoms with Crippen molar-refractivity contribution in [2.75, 3.05) is 18.5 Å². The number of hydrogen-bond donors (Lipinski definition) is 3. The molecule has 6 nitrogen and oxygen atoms in total. The van der Waals surface area contributed by atoms with Crippen LogP contribution in [-0.4, -0.2) is 36.2 Å². The lowest BCUT2D eigenvalue weighted by Crippen LogP contribution is -2.35. The fourth-order valence-corrected chi connectivity index (χ4v) is 2.76. The van der Waals surface area contributed by atoms with E-state index < -0.39 is 0 Å². The molecule has 1 saturated heterocycles. The van der Waals surface area contributed by atoms with Crippen LogP contribution in [0.25, 0.3) is 0 Å². The van der Waals surface area contributed by atoms with Gasteiger partial charge in [0.2, 0.25) is 5.91 Å². The lowest BCUT2D eigenvalue weighted by atomic mass is 10.2. The molecule has 1 atom stereocenters. The van der Waals surface area contributed by atoms with Crippen LogP contribution in [0.1, 0.15) is 36.0 Å². The highest BCUT2D eigenvalue weighted by Crippen LogP contribution is 2.28. The second-order valence-corrected chi connectivity index (χ2v) is 6.55. The zero-order valence-corrected chi connectivity index (χ0v) is 14.2. The molecule has 1 aromatic carbocycles. The van der Waals surface area contributed by atoms with E-state index in [0.717, 1.165) is 38.0 Å². The highest BCUT2D eigenvalue weighted by molar-refractivity contribution is 7.80. The number of nitrogens with one attached hydrogen (secondary N) is 3. The van der Waals surface area contributed by atoms with E-state index in [2.05, 4.69) is 16.0 Å². The first-order valence-electron chi connectivity index (χ1n) is 8.23. The number of carbonyl (C=O) groups is 2. The highest BCUT2D eigenvalue weighted by Gasteiger charge is 2.30. The summed E-state index contributed by atoms with van der Waals surface area (Å²) >= 11 is 5.11. The van der Waals surface area contributed by atoms with Crippen molar-refractivity contribution in [1.29, 1.82) is 0 Å². The van der Waals surface area contributed by atoms with E-state index in [1.807, 2.05) is 0 Å². The van der Waals surface area contributed by atoms with Gasteiger partial charge in [-0.2, -0.15) is 0 Å². The molecule has 1 heterocycles. The Hall–Kier alpha value is -1.99. The summed E-state index contributed by atoms with van der Waals surface area (Å²) < 4.78 is 5.48. The molecular formula is C17H21N3O3S. The van der Waals surface area contributed by atoms with Crippen molar-refractivity contribution in [3.8, 4) is 0 Å². The molecule has 24 heavy (non-hydrogen) atoms. The number of anilines is 1. The van der Waals surface area contributed by atoms with Gasteiger partial charge in [-0.05, 0) is 62.2 Å². The Kier molecular flexibility index (Phi) is 5.42. The van der Waals surface area contributed by atoms with Crippen LogP contribution in [0, 0.1) is 5.92 Å². The van der Waals surface area contributed by atoms with Crippen LogP contribution in [0.3, 0.4) is 0 Å². The van der Waals surface area contributed by atoms with Gasteiger partial charge in [0.05, 0.1) is 6.10 Å². The molecule has 128 valence electrons.